The maximum atomic E-state index is 13.7. The maximum Gasteiger partial charge on any atom is 0.416 e. The molecule has 2 heterocycles. The Labute approximate surface area is 213 Å². The Kier molecular flexibility index (Phi) is 7.00. The van der Waals surface area contributed by atoms with E-state index in [1.54, 1.807) is 0 Å². The van der Waals surface area contributed by atoms with Gasteiger partial charge in [-0.2, -0.15) is 26.3 Å². The largest absolute Gasteiger partial charge is 0.481 e. The van der Waals surface area contributed by atoms with Gasteiger partial charge in [-0.15, -0.1) is 0 Å². The molecule has 2 fully saturated rings. The zero-order chi connectivity index (χ0) is 28.2. The standard InChI is InChI=1S/C26H24F7NO4/c1-13(15-9-16(25(28,29)30)11-17(10-15)26(31,32)33)38-19-12-34-20(35)7-8-24(2,23(36)37)22(34)21(19)14-3-5-18(27)6-4-14/h3-6,9-11,13,19,21-22H,7-8,12H2,1-2H3,(H,36,37)/t13-,19+,21-,22-,24?/m1/s1. The number of hydrogen-bond acceptors (Lipinski definition) is 3. The number of nitrogens with zero attached hydrogens (tertiary/aromatic N) is 1. The molecule has 0 spiro atoms. The normalized spacial score (nSPS) is 26.8. The highest BCUT2D eigenvalue weighted by molar-refractivity contribution is 5.84. The molecule has 2 saturated heterocycles. The first-order chi connectivity index (χ1) is 17.5. The minimum atomic E-state index is -5.05. The number of ether oxygens (including phenoxy) is 1. The van der Waals surface area contributed by atoms with Crippen LogP contribution in [-0.2, 0) is 26.7 Å². The summed E-state index contributed by atoms with van der Waals surface area (Å²) in [6.45, 7) is 2.63. The van der Waals surface area contributed by atoms with Crippen LogP contribution in [0, 0.1) is 11.2 Å². The lowest BCUT2D eigenvalue weighted by Gasteiger charge is -2.44. The van der Waals surface area contributed by atoms with E-state index in [9.17, 15) is 45.4 Å². The van der Waals surface area contributed by atoms with E-state index in [1.807, 2.05) is 0 Å². The van der Waals surface area contributed by atoms with Crippen LogP contribution in [0.1, 0.15) is 61.0 Å². The molecule has 0 saturated carbocycles. The van der Waals surface area contributed by atoms with Gasteiger partial charge in [-0.1, -0.05) is 12.1 Å². The minimum Gasteiger partial charge on any atom is -0.481 e. The van der Waals surface area contributed by atoms with E-state index in [1.165, 1.54) is 30.9 Å². The Balaban J connectivity index is 1.76. The summed E-state index contributed by atoms with van der Waals surface area (Å²) in [5.41, 5.74) is -4.37. The highest BCUT2D eigenvalue weighted by Crippen LogP contribution is 2.50. The van der Waals surface area contributed by atoms with Gasteiger partial charge in [0.15, 0.2) is 0 Å². The van der Waals surface area contributed by atoms with Crippen molar-refractivity contribution >= 4 is 11.9 Å². The van der Waals surface area contributed by atoms with Crippen molar-refractivity contribution in [3.05, 3.63) is 70.5 Å². The lowest BCUT2D eigenvalue weighted by atomic mass is 9.69. The van der Waals surface area contributed by atoms with Gasteiger partial charge in [-0.25, -0.2) is 4.39 Å². The van der Waals surface area contributed by atoms with Crippen molar-refractivity contribution in [1.29, 1.82) is 0 Å². The molecule has 2 aromatic rings. The number of rotatable bonds is 5. The van der Waals surface area contributed by atoms with Crippen molar-refractivity contribution in [2.24, 2.45) is 5.41 Å². The molecule has 4 rings (SSSR count). The van der Waals surface area contributed by atoms with Crippen LogP contribution in [0.3, 0.4) is 0 Å². The van der Waals surface area contributed by atoms with Gasteiger partial charge >= 0.3 is 18.3 Å². The maximum absolute atomic E-state index is 13.7. The van der Waals surface area contributed by atoms with E-state index >= 15 is 0 Å². The molecular formula is C26H24F7NO4. The molecule has 12 heteroatoms. The molecule has 0 aromatic heterocycles. The van der Waals surface area contributed by atoms with Crippen molar-refractivity contribution in [2.45, 2.75) is 63.2 Å². The first-order valence-corrected chi connectivity index (χ1v) is 11.8. The Morgan fingerprint density at radius 1 is 1.05 bits per heavy atom. The van der Waals surface area contributed by atoms with Gasteiger partial charge in [0.25, 0.3) is 0 Å². The highest BCUT2D eigenvalue weighted by Gasteiger charge is 2.59. The number of fused-ring (bicyclic) bond motifs is 1. The van der Waals surface area contributed by atoms with Gasteiger partial charge in [-0.3, -0.25) is 9.59 Å². The number of alkyl halides is 6. The van der Waals surface area contributed by atoms with Crippen molar-refractivity contribution < 1.29 is 50.2 Å². The molecule has 2 aromatic carbocycles. The van der Waals surface area contributed by atoms with Gasteiger partial charge in [0.2, 0.25) is 5.91 Å². The minimum absolute atomic E-state index is 0.0182. The van der Waals surface area contributed by atoms with Gasteiger partial charge in [0.05, 0.1) is 34.8 Å². The second kappa shape index (κ2) is 9.55. The third-order valence-corrected chi connectivity index (χ3v) is 7.49. The first-order valence-electron chi connectivity index (χ1n) is 11.8. The fourth-order valence-electron chi connectivity index (χ4n) is 5.47. The SMILES string of the molecule is C[C@@H](O[C@H]1CN2C(=O)CCC(C)(C(=O)O)[C@H]2[C@@H]1c1ccc(F)cc1)c1cc(C(F)(F)F)cc(C(F)(F)F)c1. The molecule has 0 aliphatic carbocycles. The number of hydrogen-bond donors (Lipinski definition) is 1. The zero-order valence-electron chi connectivity index (χ0n) is 20.2. The molecule has 0 bridgehead atoms. The van der Waals surface area contributed by atoms with Crippen molar-refractivity contribution in [3.63, 3.8) is 0 Å². The average Bonchev–Trinajstić information content (AvgIpc) is 3.21. The van der Waals surface area contributed by atoms with E-state index < -0.39 is 64.8 Å². The third-order valence-electron chi connectivity index (χ3n) is 7.49. The lowest BCUT2D eigenvalue weighted by molar-refractivity contribution is -0.160. The second-order valence-corrected chi connectivity index (χ2v) is 9.95. The summed E-state index contributed by atoms with van der Waals surface area (Å²) in [6, 6.07) is 5.31. The van der Waals surface area contributed by atoms with Gasteiger partial charge < -0.3 is 14.7 Å². The summed E-state index contributed by atoms with van der Waals surface area (Å²) >= 11 is 0. The topological polar surface area (TPSA) is 66.8 Å². The Morgan fingerprint density at radius 3 is 2.11 bits per heavy atom. The zero-order valence-corrected chi connectivity index (χ0v) is 20.2. The lowest BCUT2D eigenvalue weighted by Crippen LogP contribution is -2.55. The molecule has 5 nitrogen and oxygen atoms in total. The number of piperidine rings is 1. The number of amides is 1. The van der Waals surface area contributed by atoms with E-state index in [2.05, 4.69) is 0 Å². The monoisotopic (exact) mass is 547 g/mol. The molecular weight excluding hydrogens is 523 g/mol. The number of carboxylic acids is 1. The summed E-state index contributed by atoms with van der Waals surface area (Å²) in [7, 11) is 0. The summed E-state index contributed by atoms with van der Waals surface area (Å²) < 4.78 is 100. The average molecular weight is 547 g/mol. The smallest absolute Gasteiger partial charge is 0.416 e. The Morgan fingerprint density at radius 2 is 1.61 bits per heavy atom. The summed E-state index contributed by atoms with van der Waals surface area (Å²) in [5, 5.41) is 10.0. The van der Waals surface area contributed by atoms with Crippen LogP contribution in [0.15, 0.2) is 42.5 Å². The van der Waals surface area contributed by atoms with Crippen LogP contribution < -0.4 is 0 Å². The van der Waals surface area contributed by atoms with E-state index in [-0.39, 0.29) is 36.9 Å². The van der Waals surface area contributed by atoms with E-state index in [0.717, 1.165) is 12.1 Å². The number of halogens is 7. The first kappa shape index (κ1) is 27.9. The fraction of sp³-hybridized carbons (Fsp3) is 0.462. The van der Waals surface area contributed by atoms with Gasteiger partial charge in [0.1, 0.15) is 5.82 Å². The molecule has 1 amide bonds. The predicted octanol–water partition coefficient (Wildman–Crippen LogP) is 6.19. The quantitative estimate of drug-likeness (QED) is 0.454. The van der Waals surface area contributed by atoms with Crippen LogP contribution in [-0.4, -0.2) is 40.6 Å². The Bertz CT molecular complexity index is 1200. The highest BCUT2D eigenvalue weighted by atomic mass is 19.4. The molecule has 0 radical (unpaired) electrons. The van der Waals surface area contributed by atoms with E-state index in [0.29, 0.717) is 17.7 Å². The van der Waals surface area contributed by atoms with Gasteiger partial charge in [-0.05, 0) is 61.7 Å². The third kappa shape index (κ3) is 5.10. The Hall–Kier alpha value is -3.15. The molecule has 2 aliphatic rings. The van der Waals surface area contributed by atoms with Crippen LogP contribution in [0.4, 0.5) is 30.7 Å². The van der Waals surface area contributed by atoms with E-state index in [4.69, 9.17) is 4.74 Å². The predicted molar refractivity (Wildman–Crippen MR) is 119 cm³/mol. The summed E-state index contributed by atoms with van der Waals surface area (Å²) in [5.74, 6) is -2.93. The second-order valence-electron chi connectivity index (χ2n) is 9.95. The van der Waals surface area contributed by atoms with Crippen LogP contribution in [0.2, 0.25) is 0 Å². The van der Waals surface area contributed by atoms with Crippen LogP contribution >= 0.6 is 0 Å². The molecule has 2 aliphatic heterocycles. The van der Waals surface area contributed by atoms with Crippen molar-refractivity contribution in [3.8, 4) is 0 Å². The molecule has 5 atom stereocenters. The molecule has 1 unspecified atom stereocenters. The number of carbonyl (C=O) groups excluding carboxylic acids is 1. The van der Waals surface area contributed by atoms with Crippen LogP contribution in [0.25, 0.3) is 0 Å². The summed E-state index contributed by atoms with van der Waals surface area (Å²) in [4.78, 5) is 26.5. The van der Waals surface area contributed by atoms with Crippen molar-refractivity contribution in [2.75, 3.05) is 6.54 Å². The molecule has 206 valence electrons. The number of carboxylic acid groups (broad SMARTS) is 1. The number of benzene rings is 2. The molecule has 38 heavy (non-hydrogen) atoms. The molecule has 1 N–H and O–H groups in total. The van der Waals surface area contributed by atoms with Crippen molar-refractivity contribution in [1.82, 2.24) is 4.90 Å². The number of aliphatic carboxylic acids is 1. The summed E-state index contributed by atoms with van der Waals surface area (Å²) in [6.07, 6.45) is -12.4. The fourth-order valence-corrected chi connectivity index (χ4v) is 5.47. The number of carbonyl (C=O) groups is 2. The van der Waals surface area contributed by atoms with Gasteiger partial charge in [0, 0.05) is 18.9 Å². The van der Waals surface area contributed by atoms with Crippen LogP contribution in [0.5, 0.6) is 0 Å².